The van der Waals surface area contributed by atoms with E-state index in [0.29, 0.717) is 21.5 Å². The summed E-state index contributed by atoms with van der Waals surface area (Å²) < 4.78 is 16.4. The molecule has 1 aliphatic rings. The van der Waals surface area contributed by atoms with Crippen LogP contribution in [0.25, 0.3) is 6.08 Å². The van der Waals surface area contributed by atoms with Gasteiger partial charge >= 0.3 is 5.97 Å². The Morgan fingerprint density at radius 3 is 2.73 bits per heavy atom. The Kier molecular flexibility index (Phi) is 7.11. The van der Waals surface area contributed by atoms with Crippen LogP contribution in [0.1, 0.15) is 11.3 Å². The number of ether oxygens (including phenoxy) is 3. The van der Waals surface area contributed by atoms with Crippen LogP contribution in [0, 0.1) is 0 Å². The van der Waals surface area contributed by atoms with Gasteiger partial charge in [-0.25, -0.2) is 0 Å². The maximum absolute atomic E-state index is 12.5. The molecule has 2 aromatic rings. The summed E-state index contributed by atoms with van der Waals surface area (Å²) in [6.07, 6.45) is 3.24. The third-order valence-corrected chi connectivity index (χ3v) is 5.52. The SMILES string of the molecule is COC(=O)CN1C(=O)S/C(=C\c2cc(Br)c(OCc3ccccn3)c(OC)c2)C1=O. The van der Waals surface area contributed by atoms with Gasteiger partial charge in [-0.3, -0.25) is 24.3 Å². The number of benzene rings is 1. The zero-order valence-electron chi connectivity index (χ0n) is 16.1. The number of hydrogen-bond donors (Lipinski definition) is 0. The number of esters is 1. The molecule has 156 valence electrons. The number of imide groups is 1. The maximum atomic E-state index is 12.5. The largest absolute Gasteiger partial charge is 0.493 e. The van der Waals surface area contributed by atoms with E-state index in [1.54, 1.807) is 24.4 Å². The highest BCUT2D eigenvalue weighted by Crippen LogP contribution is 2.39. The number of nitrogens with zero attached hydrogens (tertiary/aromatic N) is 2. The summed E-state index contributed by atoms with van der Waals surface area (Å²) in [5.74, 6) is -0.294. The van der Waals surface area contributed by atoms with Crippen LogP contribution in [0.15, 0.2) is 45.9 Å². The minimum absolute atomic E-state index is 0.194. The molecule has 1 aromatic heterocycles. The molecule has 10 heteroatoms. The number of amides is 2. The van der Waals surface area contributed by atoms with Gasteiger partial charge in [0.1, 0.15) is 13.2 Å². The maximum Gasteiger partial charge on any atom is 0.325 e. The fourth-order valence-corrected chi connectivity index (χ4v) is 3.99. The van der Waals surface area contributed by atoms with E-state index in [1.165, 1.54) is 14.2 Å². The summed E-state index contributed by atoms with van der Waals surface area (Å²) in [5, 5.41) is -0.530. The van der Waals surface area contributed by atoms with Gasteiger partial charge < -0.3 is 14.2 Å². The molecule has 0 saturated carbocycles. The van der Waals surface area contributed by atoms with E-state index in [1.807, 2.05) is 18.2 Å². The van der Waals surface area contributed by atoms with Crippen LogP contribution in [-0.2, 0) is 20.9 Å². The molecule has 2 heterocycles. The average molecular weight is 493 g/mol. The molecule has 2 amide bonds. The Bertz CT molecular complexity index is 1010. The second-order valence-corrected chi connectivity index (χ2v) is 7.84. The van der Waals surface area contributed by atoms with E-state index < -0.39 is 23.7 Å². The summed E-state index contributed by atoms with van der Waals surface area (Å²) in [7, 11) is 2.70. The first-order chi connectivity index (χ1) is 14.4. The molecule has 0 N–H and O–H groups in total. The Morgan fingerprint density at radius 1 is 1.27 bits per heavy atom. The van der Waals surface area contributed by atoms with Crippen LogP contribution < -0.4 is 9.47 Å². The van der Waals surface area contributed by atoms with Gasteiger partial charge in [0, 0.05) is 6.20 Å². The van der Waals surface area contributed by atoms with Crippen LogP contribution in [0.3, 0.4) is 0 Å². The fourth-order valence-electron chi connectivity index (χ4n) is 2.57. The molecule has 1 saturated heterocycles. The van der Waals surface area contributed by atoms with Gasteiger partial charge in [-0.1, -0.05) is 6.07 Å². The van der Waals surface area contributed by atoms with Gasteiger partial charge in [0.15, 0.2) is 11.5 Å². The van der Waals surface area contributed by atoms with Crippen molar-refractivity contribution in [1.82, 2.24) is 9.88 Å². The third-order valence-electron chi connectivity index (χ3n) is 4.03. The van der Waals surface area contributed by atoms with Crippen molar-refractivity contribution in [2.75, 3.05) is 20.8 Å². The highest BCUT2D eigenvalue weighted by Gasteiger charge is 2.36. The minimum Gasteiger partial charge on any atom is -0.493 e. The van der Waals surface area contributed by atoms with E-state index in [2.05, 4.69) is 25.7 Å². The van der Waals surface area contributed by atoms with Gasteiger partial charge in [-0.15, -0.1) is 0 Å². The van der Waals surface area contributed by atoms with Gasteiger partial charge in [0.25, 0.3) is 11.1 Å². The van der Waals surface area contributed by atoms with E-state index in [0.717, 1.165) is 22.4 Å². The van der Waals surface area contributed by atoms with E-state index in [4.69, 9.17) is 9.47 Å². The number of carbonyl (C=O) groups excluding carboxylic acids is 3. The first kappa shape index (κ1) is 21.8. The molecular weight excluding hydrogens is 476 g/mol. The number of rotatable bonds is 7. The first-order valence-corrected chi connectivity index (χ1v) is 10.3. The van der Waals surface area contributed by atoms with Crippen molar-refractivity contribution in [1.29, 1.82) is 0 Å². The zero-order chi connectivity index (χ0) is 21.7. The normalized spacial score (nSPS) is 14.9. The first-order valence-electron chi connectivity index (χ1n) is 8.65. The zero-order valence-corrected chi connectivity index (χ0v) is 18.5. The standard InChI is InChI=1S/C20H17BrN2O6S/c1-27-15-8-12(7-14(21)18(15)29-11-13-5-3-4-6-22-13)9-16-19(25)23(20(26)30-16)10-17(24)28-2/h3-9H,10-11H2,1-2H3/b16-9-. The lowest BCUT2D eigenvalue weighted by Crippen LogP contribution is -2.34. The molecule has 0 spiro atoms. The van der Waals surface area contributed by atoms with Crippen LogP contribution in [0.5, 0.6) is 11.5 Å². The number of methoxy groups -OCH3 is 2. The highest BCUT2D eigenvalue weighted by molar-refractivity contribution is 9.10. The molecular formula is C20H17BrN2O6S. The van der Waals surface area contributed by atoms with Gasteiger partial charge in [-0.2, -0.15) is 0 Å². The number of carbonyl (C=O) groups is 3. The monoisotopic (exact) mass is 492 g/mol. The van der Waals surface area contributed by atoms with Crippen molar-refractivity contribution >= 4 is 50.9 Å². The minimum atomic E-state index is -0.669. The molecule has 0 bridgehead atoms. The number of hydrogen-bond acceptors (Lipinski definition) is 8. The summed E-state index contributed by atoms with van der Waals surface area (Å²) >= 11 is 4.21. The van der Waals surface area contributed by atoms with E-state index in [9.17, 15) is 14.4 Å². The van der Waals surface area contributed by atoms with Crippen LogP contribution in [-0.4, -0.2) is 47.8 Å². The lowest BCUT2D eigenvalue weighted by atomic mass is 10.2. The topological polar surface area (TPSA) is 95.0 Å². The molecule has 1 aromatic carbocycles. The summed E-state index contributed by atoms with van der Waals surface area (Å²) in [6, 6.07) is 8.96. The van der Waals surface area contributed by atoms with Gasteiger partial charge in [-0.05, 0) is 63.6 Å². The third kappa shape index (κ3) is 5.00. The van der Waals surface area contributed by atoms with Crippen molar-refractivity contribution in [2.24, 2.45) is 0 Å². The van der Waals surface area contributed by atoms with Crippen LogP contribution in [0.4, 0.5) is 4.79 Å². The van der Waals surface area contributed by atoms with Crippen molar-refractivity contribution < 1.29 is 28.6 Å². The molecule has 1 aliphatic heterocycles. The molecule has 1 fully saturated rings. The average Bonchev–Trinajstić information content (AvgIpc) is 3.00. The summed E-state index contributed by atoms with van der Waals surface area (Å²) in [6.45, 7) is -0.173. The van der Waals surface area contributed by atoms with Crippen LogP contribution >= 0.6 is 27.7 Å². The van der Waals surface area contributed by atoms with Gasteiger partial charge in [0.2, 0.25) is 0 Å². The number of thioether (sulfide) groups is 1. The molecule has 0 atom stereocenters. The Hall–Kier alpha value is -2.85. The van der Waals surface area contributed by atoms with E-state index >= 15 is 0 Å². The molecule has 8 nitrogen and oxygen atoms in total. The van der Waals surface area contributed by atoms with Gasteiger partial charge in [0.05, 0.1) is 29.3 Å². The van der Waals surface area contributed by atoms with Crippen molar-refractivity contribution in [3.05, 3.63) is 57.2 Å². The predicted octanol–water partition coefficient (Wildman–Crippen LogP) is 3.64. The molecule has 0 unspecified atom stereocenters. The second-order valence-electron chi connectivity index (χ2n) is 5.99. The van der Waals surface area contributed by atoms with E-state index in [-0.39, 0.29) is 11.5 Å². The second kappa shape index (κ2) is 9.77. The summed E-state index contributed by atoms with van der Waals surface area (Å²) in [4.78, 5) is 41.2. The van der Waals surface area contributed by atoms with Crippen molar-refractivity contribution in [3.8, 4) is 11.5 Å². The fraction of sp³-hybridized carbons (Fsp3) is 0.200. The van der Waals surface area contributed by atoms with Crippen molar-refractivity contribution in [2.45, 2.75) is 6.61 Å². The highest BCUT2D eigenvalue weighted by atomic mass is 79.9. The number of halogens is 1. The number of pyridine rings is 1. The quantitative estimate of drug-likeness (QED) is 0.426. The smallest absolute Gasteiger partial charge is 0.325 e. The molecule has 0 radical (unpaired) electrons. The lowest BCUT2D eigenvalue weighted by molar-refractivity contribution is -0.143. The van der Waals surface area contributed by atoms with Crippen LogP contribution in [0.2, 0.25) is 0 Å². The predicted molar refractivity (Wildman–Crippen MR) is 114 cm³/mol. The Labute approximate surface area is 185 Å². The Morgan fingerprint density at radius 2 is 2.07 bits per heavy atom. The summed E-state index contributed by atoms with van der Waals surface area (Å²) in [5.41, 5.74) is 1.38. The molecule has 3 rings (SSSR count). The van der Waals surface area contributed by atoms with Crippen molar-refractivity contribution in [3.63, 3.8) is 0 Å². The number of aromatic nitrogens is 1. The Balaban J connectivity index is 1.81. The molecule has 0 aliphatic carbocycles. The lowest BCUT2D eigenvalue weighted by Gasteiger charge is -2.13. The molecule has 30 heavy (non-hydrogen) atoms.